The molecule has 1 fully saturated rings. The van der Waals surface area contributed by atoms with Crippen molar-refractivity contribution in [2.75, 3.05) is 5.32 Å². The molecule has 18 heavy (non-hydrogen) atoms. The molecule has 94 valence electrons. The van der Waals surface area contributed by atoms with Crippen molar-refractivity contribution in [2.24, 2.45) is 0 Å². The SMILES string of the molecule is Cc1cc(NC2CCCCC2)nc2ccccc12. The van der Waals surface area contributed by atoms with Gasteiger partial charge in [-0.1, -0.05) is 37.5 Å². The number of rotatable bonds is 2. The molecular weight excluding hydrogens is 220 g/mol. The number of aromatic nitrogens is 1. The standard InChI is InChI=1S/C16H20N2/c1-12-11-16(17-13-7-3-2-4-8-13)18-15-10-6-5-9-14(12)15/h5-6,9-11,13H,2-4,7-8H2,1H3,(H,17,18). The molecule has 0 radical (unpaired) electrons. The van der Waals surface area contributed by atoms with Crippen LogP contribution in [-0.4, -0.2) is 11.0 Å². The number of aryl methyl sites for hydroxylation is 1. The molecule has 1 aromatic heterocycles. The van der Waals surface area contributed by atoms with Crippen LogP contribution < -0.4 is 5.32 Å². The lowest BCUT2D eigenvalue weighted by molar-refractivity contribution is 0.462. The van der Waals surface area contributed by atoms with Crippen molar-refractivity contribution >= 4 is 16.7 Å². The van der Waals surface area contributed by atoms with Gasteiger partial charge in [-0.3, -0.25) is 0 Å². The summed E-state index contributed by atoms with van der Waals surface area (Å²) < 4.78 is 0. The number of pyridine rings is 1. The number of hydrogen-bond acceptors (Lipinski definition) is 2. The van der Waals surface area contributed by atoms with Gasteiger partial charge in [0.15, 0.2) is 0 Å². The topological polar surface area (TPSA) is 24.9 Å². The number of hydrogen-bond donors (Lipinski definition) is 1. The summed E-state index contributed by atoms with van der Waals surface area (Å²) in [6.07, 6.45) is 6.66. The Morgan fingerprint density at radius 3 is 2.72 bits per heavy atom. The van der Waals surface area contributed by atoms with Gasteiger partial charge in [-0.05, 0) is 37.5 Å². The molecule has 1 heterocycles. The highest BCUT2D eigenvalue weighted by molar-refractivity contribution is 5.83. The molecule has 0 unspecified atom stereocenters. The molecule has 1 aliphatic carbocycles. The van der Waals surface area contributed by atoms with Crippen molar-refractivity contribution in [3.63, 3.8) is 0 Å². The van der Waals surface area contributed by atoms with Crippen LogP contribution in [0.4, 0.5) is 5.82 Å². The molecule has 1 saturated carbocycles. The highest BCUT2D eigenvalue weighted by atomic mass is 15.0. The van der Waals surface area contributed by atoms with Crippen LogP contribution in [0.1, 0.15) is 37.7 Å². The molecule has 3 rings (SSSR count). The first kappa shape index (κ1) is 11.5. The molecule has 2 nitrogen and oxygen atoms in total. The maximum absolute atomic E-state index is 4.72. The number of fused-ring (bicyclic) bond motifs is 1. The minimum atomic E-state index is 0.617. The third kappa shape index (κ3) is 2.33. The Labute approximate surface area is 108 Å². The number of nitrogens with zero attached hydrogens (tertiary/aromatic N) is 1. The fourth-order valence-electron chi connectivity index (χ4n) is 2.88. The van der Waals surface area contributed by atoms with Gasteiger partial charge in [-0.25, -0.2) is 4.98 Å². The zero-order valence-corrected chi connectivity index (χ0v) is 10.9. The van der Waals surface area contributed by atoms with E-state index >= 15 is 0 Å². The Morgan fingerprint density at radius 1 is 1.11 bits per heavy atom. The van der Waals surface area contributed by atoms with Gasteiger partial charge in [0.1, 0.15) is 5.82 Å². The molecule has 0 saturated heterocycles. The quantitative estimate of drug-likeness (QED) is 0.847. The summed E-state index contributed by atoms with van der Waals surface area (Å²) in [6, 6.07) is 11.2. The van der Waals surface area contributed by atoms with Crippen LogP contribution in [0.3, 0.4) is 0 Å². The smallest absolute Gasteiger partial charge is 0.127 e. The Bertz CT molecular complexity index is 542. The highest BCUT2D eigenvalue weighted by Crippen LogP contribution is 2.24. The average molecular weight is 240 g/mol. The molecule has 2 heteroatoms. The first-order valence-corrected chi connectivity index (χ1v) is 6.96. The largest absolute Gasteiger partial charge is 0.367 e. The molecule has 0 aliphatic heterocycles. The zero-order valence-electron chi connectivity index (χ0n) is 10.9. The van der Waals surface area contributed by atoms with Gasteiger partial charge in [-0.15, -0.1) is 0 Å². The summed E-state index contributed by atoms with van der Waals surface area (Å²) >= 11 is 0. The van der Waals surface area contributed by atoms with E-state index in [4.69, 9.17) is 4.98 Å². The van der Waals surface area contributed by atoms with Gasteiger partial charge in [0, 0.05) is 11.4 Å². The molecule has 0 amide bonds. The van der Waals surface area contributed by atoms with E-state index in [1.807, 2.05) is 0 Å². The second-order valence-electron chi connectivity index (χ2n) is 5.32. The van der Waals surface area contributed by atoms with Crippen LogP contribution in [0, 0.1) is 6.92 Å². The molecule has 2 aromatic rings. The fraction of sp³-hybridized carbons (Fsp3) is 0.438. The predicted octanol–water partition coefficient (Wildman–Crippen LogP) is 4.29. The summed E-state index contributed by atoms with van der Waals surface area (Å²) in [5.41, 5.74) is 2.40. The van der Waals surface area contributed by atoms with E-state index in [1.165, 1.54) is 43.1 Å². The Balaban J connectivity index is 1.87. The second kappa shape index (κ2) is 4.97. The van der Waals surface area contributed by atoms with E-state index in [1.54, 1.807) is 0 Å². The molecule has 1 aromatic carbocycles. The average Bonchev–Trinajstić information content (AvgIpc) is 2.40. The molecule has 0 atom stereocenters. The Kier molecular flexibility index (Phi) is 3.18. The third-order valence-corrected chi connectivity index (χ3v) is 3.88. The summed E-state index contributed by atoms with van der Waals surface area (Å²) in [4.78, 5) is 4.72. The number of anilines is 1. The first-order valence-electron chi connectivity index (χ1n) is 6.96. The normalized spacial score (nSPS) is 16.9. The van der Waals surface area contributed by atoms with Crippen molar-refractivity contribution in [1.82, 2.24) is 4.98 Å². The van der Waals surface area contributed by atoms with Gasteiger partial charge >= 0.3 is 0 Å². The van der Waals surface area contributed by atoms with Crippen LogP contribution in [0.15, 0.2) is 30.3 Å². The lowest BCUT2D eigenvalue weighted by Crippen LogP contribution is -2.22. The molecule has 0 spiro atoms. The number of benzene rings is 1. The fourth-order valence-corrected chi connectivity index (χ4v) is 2.88. The molecule has 1 aliphatic rings. The summed E-state index contributed by atoms with van der Waals surface area (Å²) in [6.45, 7) is 2.16. The van der Waals surface area contributed by atoms with Crippen LogP contribution in [0.25, 0.3) is 10.9 Å². The van der Waals surface area contributed by atoms with E-state index in [0.29, 0.717) is 6.04 Å². The lowest BCUT2D eigenvalue weighted by Gasteiger charge is -2.23. The van der Waals surface area contributed by atoms with Crippen molar-refractivity contribution in [3.05, 3.63) is 35.9 Å². The second-order valence-corrected chi connectivity index (χ2v) is 5.32. The third-order valence-electron chi connectivity index (χ3n) is 3.88. The van der Waals surface area contributed by atoms with Gasteiger partial charge in [0.25, 0.3) is 0 Å². The van der Waals surface area contributed by atoms with E-state index < -0.39 is 0 Å². The predicted molar refractivity (Wildman–Crippen MR) is 77.0 cm³/mol. The first-order chi connectivity index (χ1) is 8.83. The van der Waals surface area contributed by atoms with Gasteiger partial charge in [-0.2, -0.15) is 0 Å². The van der Waals surface area contributed by atoms with Crippen molar-refractivity contribution in [3.8, 4) is 0 Å². The Hall–Kier alpha value is -1.57. The lowest BCUT2D eigenvalue weighted by atomic mass is 9.95. The molecule has 0 bridgehead atoms. The minimum absolute atomic E-state index is 0.617. The maximum atomic E-state index is 4.72. The molecule has 1 N–H and O–H groups in total. The summed E-state index contributed by atoms with van der Waals surface area (Å²) in [5.74, 6) is 1.04. The summed E-state index contributed by atoms with van der Waals surface area (Å²) in [7, 11) is 0. The van der Waals surface area contributed by atoms with Crippen molar-refractivity contribution < 1.29 is 0 Å². The number of nitrogens with one attached hydrogen (secondary N) is 1. The number of para-hydroxylation sites is 1. The van der Waals surface area contributed by atoms with Crippen LogP contribution >= 0.6 is 0 Å². The summed E-state index contributed by atoms with van der Waals surface area (Å²) in [5, 5.41) is 4.86. The zero-order chi connectivity index (χ0) is 12.4. The van der Waals surface area contributed by atoms with Gasteiger partial charge in [0.2, 0.25) is 0 Å². The van der Waals surface area contributed by atoms with E-state index in [0.717, 1.165) is 11.3 Å². The van der Waals surface area contributed by atoms with Gasteiger partial charge < -0.3 is 5.32 Å². The van der Waals surface area contributed by atoms with Gasteiger partial charge in [0.05, 0.1) is 5.52 Å². The monoisotopic (exact) mass is 240 g/mol. The van der Waals surface area contributed by atoms with Crippen LogP contribution in [0.2, 0.25) is 0 Å². The van der Waals surface area contributed by atoms with E-state index in [2.05, 4.69) is 42.6 Å². The van der Waals surface area contributed by atoms with Crippen LogP contribution in [0.5, 0.6) is 0 Å². The molecular formula is C16H20N2. The van der Waals surface area contributed by atoms with Crippen LogP contribution in [-0.2, 0) is 0 Å². The minimum Gasteiger partial charge on any atom is -0.367 e. The highest BCUT2D eigenvalue weighted by Gasteiger charge is 2.13. The maximum Gasteiger partial charge on any atom is 0.127 e. The van der Waals surface area contributed by atoms with Crippen molar-refractivity contribution in [1.29, 1.82) is 0 Å². The van der Waals surface area contributed by atoms with Crippen molar-refractivity contribution in [2.45, 2.75) is 45.1 Å². The Morgan fingerprint density at radius 2 is 1.89 bits per heavy atom. The van der Waals surface area contributed by atoms with E-state index in [-0.39, 0.29) is 0 Å². The van der Waals surface area contributed by atoms with E-state index in [9.17, 15) is 0 Å².